The smallest absolute Gasteiger partial charge is 0.349 e. The van der Waals surface area contributed by atoms with Crippen LogP contribution in [0.4, 0.5) is 26.3 Å². The van der Waals surface area contributed by atoms with E-state index in [1.54, 1.807) is 0 Å². The maximum Gasteiger partial charge on any atom is 0.433 e. The van der Waals surface area contributed by atoms with Gasteiger partial charge >= 0.3 is 6.18 Å². The minimum atomic E-state index is -4.61. The number of carbonyl (C=O) groups excluding carboxylic acids is 1. The molecule has 8 nitrogen and oxygen atoms in total. The second kappa shape index (κ2) is 10.3. The number of nitrogens with one attached hydrogen (secondary N) is 1. The number of benzene rings is 1. The number of alkyl halides is 5. The lowest BCUT2D eigenvalue weighted by Gasteiger charge is -2.23. The molecule has 0 bridgehead atoms. The Morgan fingerprint density at radius 3 is 2.42 bits per heavy atom. The highest BCUT2D eigenvalue weighted by molar-refractivity contribution is 7.89. The highest BCUT2D eigenvalue weighted by Gasteiger charge is 2.52. The minimum Gasteiger partial charge on any atom is -0.349 e. The largest absolute Gasteiger partial charge is 0.433 e. The van der Waals surface area contributed by atoms with Gasteiger partial charge in [0.25, 0.3) is 0 Å². The molecule has 0 aliphatic carbocycles. The number of hydrogen-bond acceptors (Lipinski definition) is 6. The standard InChI is InChI=1S/C23H19F6N5O3S/c24-11-22(26)8-19(34(12-22)38(36,37)17-4-2-15(25)3-5-17)21(35)31-10-16-7-18(33-13-32-16)14-1-6-20(30-9-14)23(27,28)29/h1-7,9,13,19H,8,10-12H2,(H,31,35)/t19-,22+/m0/s1. The summed E-state index contributed by atoms with van der Waals surface area (Å²) in [5.41, 5.74) is -3.05. The fraction of sp³-hybridized carbons (Fsp3) is 0.304. The molecule has 3 aromatic rings. The van der Waals surface area contributed by atoms with Crippen LogP contribution in [0.3, 0.4) is 0 Å². The third-order valence-corrected chi connectivity index (χ3v) is 7.69. The van der Waals surface area contributed by atoms with Gasteiger partial charge in [0.15, 0.2) is 5.67 Å². The Kier molecular flexibility index (Phi) is 7.43. The molecule has 0 unspecified atom stereocenters. The zero-order chi connectivity index (χ0) is 27.7. The van der Waals surface area contributed by atoms with Crippen molar-refractivity contribution in [1.82, 2.24) is 24.6 Å². The highest BCUT2D eigenvalue weighted by Crippen LogP contribution is 2.36. The van der Waals surface area contributed by atoms with Gasteiger partial charge in [-0.05, 0) is 42.5 Å². The van der Waals surface area contributed by atoms with Crippen LogP contribution < -0.4 is 5.32 Å². The van der Waals surface area contributed by atoms with E-state index in [-0.39, 0.29) is 23.5 Å². The summed E-state index contributed by atoms with van der Waals surface area (Å²) in [6.07, 6.45) is -3.29. The molecule has 1 aromatic carbocycles. The summed E-state index contributed by atoms with van der Waals surface area (Å²) < 4.78 is 106. The van der Waals surface area contributed by atoms with Crippen LogP contribution in [0, 0.1) is 5.82 Å². The first-order chi connectivity index (χ1) is 17.8. The van der Waals surface area contributed by atoms with Crippen molar-refractivity contribution in [3.05, 3.63) is 72.2 Å². The topological polar surface area (TPSA) is 105 Å². The number of rotatable bonds is 7. The van der Waals surface area contributed by atoms with Gasteiger partial charge in [-0.15, -0.1) is 0 Å². The predicted molar refractivity (Wildman–Crippen MR) is 121 cm³/mol. The van der Waals surface area contributed by atoms with Gasteiger partial charge in [0, 0.05) is 18.2 Å². The lowest BCUT2D eigenvalue weighted by Crippen LogP contribution is -2.45. The van der Waals surface area contributed by atoms with Crippen LogP contribution in [0.25, 0.3) is 11.3 Å². The predicted octanol–water partition coefficient (Wildman–Crippen LogP) is 3.45. The van der Waals surface area contributed by atoms with Crippen molar-refractivity contribution >= 4 is 15.9 Å². The number of hydrogen-bond donors (Lipinski definition) is 1. The Balaban J connectivity index is 1.51. The SMILES string of the molecule is O=C(NCc1cc(-c2ccc(C(F)(F)F)nc2)ncn1)[C@@H]1C[C@@](F)(CF)CN1S(=O)(=O)c1ccc(F)cc1. The Morgan fingerprint density at radius 1 is 1.11 bits per heavy atom. The second-order valence-electron chi connectivity index (χ2n) is 8.55. The molecule has 3 heterocycles. The molecule has 38 heavy (non-hydrogen) atoms. The molecule has 1 saturated heterocycles. The molecule has 2 aromatic heterocycles. The number of carbonyl (C=O) groups is 1. The Bertz CT molecular complexity index is 1420. The summed E-state index contributed by atoms with van der Waals surface area (Å²) in [5, 5.41) is 2.42. The molecule has 0 radical (unpaired) electrons. The first kappa shape index (κ1) is 27.4. The molecule has 1 N–H and O–H groups in total. The third-order valence-electron chi connectivity index (χ3n) is 5.83. The van der Waals surface area contributed by atoms with Crippen LogP contribution in [0.1, 0.15) is 17.8 Å². The van der Waals surface area contributed by atoms with Gasteiger partial charge in [-0.1, -0.05) is 0 Å². The normalized spacial score (nSPS) is 20.4. The van der Waals surface area contributed by atoms with Crippen LogP contribution in [0.5, 0.6) is 0 Å². The lowest BCUT2D eigenvalue weighted by atomic mass is 10.0. The summed E-state index contributed by atoms with van der Waals surface area (Å²) in [6, 6.07) is 5.37. The quantitative estimate of drug-likeness (QED) is 0.445. The van der Waals surface area contributed by atoms with E-state index in [2.05, 4.69) is 20.3 Å². The van der Waals surface area contributed by atoms with Gasteiger partial charge in [-0.3, -0.25) is 9.78 Å². The van der Waals surface area contributed by atoms with Crippen molar-refractivity contribution in [1.29, 1.82) is 0 Å². The van der Waals surface area contributed by atoms with Gasteiger partial charge in [0.05, 0.1) is 29.4 Å². The summed E-state index contributed by atoms with van der Waals surface area (Å²) in [6.45, 7) is -2.72. The summed E-state index contributed by atoms with van der Waals surface area (Å²) in [7, 11) is -4.48. The number of aromatic nitrogens is 3. The molecule has 4 rings (SSSR count). The zero-order valence-corrected chi connectivity index (χ0v) is 20.1. The van der Waals surface area contributed by atoms with Gasteiger partial charge in [-0.25, -0.2) is 31.6 Å². The van der Waals surface area contributed by atoms with Crippen molar-refractivity contribution < 1.29 is 39.6 Å². The molecule has 2 atom stereocenters. The summed E-state index contributed by atoms with van der Waals surface area (Å²) in [5.74, 6) is -1.64. The molecule has 0 spiro atoms. The van der Waals surface area contributed by atoms with Gasteiger partial charge in [-0.2, -0.15) is 17.5 Å². The van der Waals surface area contributed by atoms with Crippen molar-refractivity contribution in [2.24, 2.45) is 0 Å². The first-order valence-electron chi connectivity index (χ1n) is 11.0. The van der Waals surface area contributed by atoms with E-state index >= 15 is 0 Å². The van der Waals surface area contributed by atoms with E-state index in [0.717, 1.165) is 48.9 Å². The van der Waals surface area contributed by atoms with Crippen molar-refractivity contribution in [2.45, 2.75) is 35.7 Å². The van der Waals surface area contributed by atoms with E-state index in [0.29, 0.717) is 4.31 Å². The van der Waals surface area contributed by atoms with E-state index in [9.17, 15) is 39.6 Å². The van der Waals surface area contributed by atoms with Gasteiger partial charge < -0.3 is 5.32 Å². The minimum absolute atomic E-state index is 0.200. The average Bonchev–Trinajstić information content (AvgIpc) is 3.26. The Morgan fingerprint density at radius 2 is 1.82 bits per heavy atom. The zero-order valence-electron chi connectivity index (χ0n) is 19.3. The molecule has 0 saturated carbocycles. The second-order valence-corrected chi connectivity index (χ2v) is 10.4. The number of nitrogens with zero attached hydrogens (tertiary/aromatic N) is 4. The molecule has 202 valence electrons. The van der Waals surface area contributed by atoms with Crippen LogP contribution in [-0.2, 0) is 27.5 Å². The van der Waals surface area contributed by atoms with E-state index in [1.807, 2.05) is 0 Å². The van der Waals surface area contributed by atoms with Crippen LogP contribution in [0.15, 0.2) is 59.9 Å². The molecule has 1 aliphatic rings. The summed E-state index contributed by atoms with van der Waals surface area (Å²) in [4.78, 5) is 23.8. The van der Waals surface area contributed by atoms with Crippen molar-refractivity contribution in [3.8, 4) is 11.3 Å². The number of sulfonamides is 1. The molecule has 1 aliphatic heterocycles. The highest BCUT2D eigenvalue weighted by atomic mass is 32.2. The fourth-order valence-corrected chi connectivity index (χ4v) is 5.54. The van der Waals surface area contributed by atoms with Gasteiger partial charge in [0.1, 0.15) is 30.6 Å². The molecular weight excluding hydrogens is 540 g/mol. The molecule has 1 fully saturated rings. The van der Waals surface area contributed by atoms with Crippen LogP contribution >= 0.6 is 0 Å². The van der Waals surface area contributed by atoms with Crippen LogP contribution in [0.2, 0.25) is 0 Å². The fourth-order valence-electron chi connectivity index (χ4n) is 3.88. The van der Waals surface area contributed by atoms with Gasteiger partial charge in [0.2, 0.25) is 15.9 Å². The first-order valence-corrected chi connectivity index (χ1v) is 12.4. The van der Waals surface area contributed by atoms with Crippen molar-refractivity contribution in [3.63, 3.8) is 0 Å². The number of amides is 1. The maximum atomic E-state index is 14.9. The van der Waals surface area contributed by atoms with E-state index in [1.165, 1.54) is 6.07 Å². The number of pyridine rings is 1. The molecule has 1 amide bonds. The van der Waals surface area contributed by atoms with E-state index in [4.69, 9.17) is 0 Å². The van der Waals surface area contributed by atoms with Crippen molar-refractivity contribution in [2.75, 3.05) is 13.2 Å². The Labute approximate surface area is 212 Å². The molecular formula is C23H19F6N5O3S. The Hall–Kier alpha value is -3.59. The molecule has 15 heteroatoms. The summed E-state index contributed by atoms with van der Waals surface area (Å²) >= 11 is 0. The lowest BCUT2D eigenvalue weighted by molar-refractivity contribution is -0.141. The van der Waals surface area contributed by atoms with Crippen LogP contribution in [-0.4, -0.2) is 58.5 Å². The average molecular weight is 559 g/mol. The maximum absolute atomic E-state index is 14.9. The monoisotopic (exact) mass is 559 g/mol. The van der Waals surface area contributed by atoms with E-state index < -0.39 is 69.9 Å². The third kappa shape index (κ3) is 5.78. The number of halogens is 6.